The summed E-state index contributed by atoms with van der Waals surface area (Å²) in [6.45, 7) is 13.0. The molecule has 0 radical (unpaired) electrons. The Morgan fingerprint density at radius 3 is 2.41 bits per heavy atom. The number of amides is 1. The SMILES string of the molecule is COCCCN1CCOc2ccc(CO[C@H]3CN(C(=O)O)[C@](C[C@H](C)O)(C(C)(C)C)C[C@@H]3c3ccc(COCCOC)cc3)cc21. The quantitative estimate of drug-likeness (QED) is 0.237. The Morgan fingerprint density at radius 2 is 1.76 bits per heavy atom. The zero-order valence-electron chi connectivity index (χ0n) is 28.5. The number of aliphatic hydroxyl groups is 1. The Morgan fingerprint density at radius 1 is 1.04 bits per heavy atom. The van der Waals surface area contributed by atoms with E-state index in [4.69, 9.17) is 23.7 Å². The molecule has 2 heterocycles. The average Bonchev–Trinajstić information content (AvgIpc) is 3.02. The lowest BCUT2D eigenvalue weighted by molar-refractivity contribution is -0.112. The fourth-order valence-electron chi connectivity index (χ4n) is 6.99. The number of aliphatic hydroxyl groups excluding tert-OH is 1. The first-order chi connectivity index (χ1) is 22.0. The van der Waals surface area contributed by atoms with Gasteiger partial charge in [0.05, 0.1) is 63.0 Å². The van der Waals surface area contributed by atoms with Crippen LogP contribution < -0.4 is 9.64 Å². The lowest BCUT2D eigenvalue weighted by Gasteiger charge is -2.58. The summed E-state index contributed by atoms with van der Waals surface area (Å²) in [5.41, 5.74) is 2.94. The summed E-state index contributed by atoms with van der Waals surface area (Å²) in [5.74, 6) is 0.767. The average molecular weight is 643 g/mol. The number of fused-ring (bicyclic) bond motifs is 1. The molecule has 0 aliphatic carbocycles. The van der Waals surface area contributed by atoms with Gasteiger partial charge in [-0.1, -0.05) is 51.1 Å². The number of piperidine rings is 1. The van der Waals surface area contributed by atoms with Crippen LogP contribution in [0.1, 0.15) is 69.6 Å². The molecule has 2 N–H and O–H groups in total. The van der Waals surface area contributed by atoms with Crippen molar-refractivity contribution in [2.75, 3.05) is 65.2 Å². The summed E-state index contributed by atoms with van der Waals surface area (Å²) in [6, 6.07) is 14.5. The normalized spacial score (nSPS) is 22.3. The largest absolute Gasteiger partial charge is 0.490 e. The van der Waals surface area contributed by atoms with Crippen LogP contribution in [0.2, 0.25) is 0 Å². The Labute approximate surface area is 274 Å². The summed E-state index contributed by atoms with van der Waals surface area (Å²) in [6.07, 6.45) is -0.284. The minimum Gasteiger partial charge on any atom is -0.490 e. The first-order valence-corrected chi connectivity index (χ1v) is 16.4. The van der Waals surface area contributed by atoms with Crippen molar-refractivity contribution < 1.29 is 38.7 Å². The lowest BCUT2D eigenvalue weighted by Crippen LogP contribution is -2.66. The molecule has 4 rings (SSSR count). The third kappa shape index (κ3) is 8.72. The highest BCUT2D eigenvalue weighted by atomic mass is 16.5. The molecular weight excluding hydrogens is 588 g/mol. The number of carbonyl (C=O) groups is 1. The van der Waals surface area contributed by atoms with E-state index in [1.54, 1.807) is 21.1 Å². The fraction of sp³-hybridized carbons (Fsp3) is 0.639. The van der Waals surface area contributed by atoms with E-state index in [1.165, 1.54) is 4.90 Å². The number of nitrogens with zero attached hydrogens (tertiary/aromatic N) is 2. The first-order valence-electron chi connectivity index (χ1n) is 16.4. The van der Waals surface area contributed by atoms with Crippen molar-refractivity contribution in [2.45, 2.75) is 83.8 Å². The van der Waals surface area contributed by atoms with E-state index >= 15 is 0 Å². The molecule has 46 heavy (non-hydrogen) atoms. The van der Waals surface area contributed by atoms with Crippen molar-refractivity contribution in [1.82, 2.24) is 4.90 Å². The second kappa shape index (κ2) is 16.3. The maximum atomic E-state index is 12.9. The van der Waals surface area contributed by atoms with Gasteiger partial charge in [-0.3, -0.25) is 4.90 Å². The zero-order chi connectivity index (χ0) is 33.3. The molecule has 1 fully saturated rings. The maximum Gasteiger partial charge on any atom is 0.407 e. The van der Waals surface area contributed by atoms with E-state index < -0.39 is 29.3 Å². The molecule has 0 saturated carbocycles. The number of hydrogen-bond acceptors (Lipinski definition) is 8. The molecule has 0 aromatic heterocycles. The van der Waals surface area contributed by atoms with Crippen molar-refractivity contribution in [3.63, 3.8) is 0 Å². The second-order valence-electron chi connectivity index (χ2n) is 13.7. The first kappa shape index (κ1) is 36.0. The standard InChI is InChI=1S/C36H54N2O8/c1-26(39)21-36(35(2,3)4)22-30(29-11-8-27(9-12-29)24-44-19-18-43-6)33(23-38(36)34(40)41)46-25-28-10-13-32-31(20-28)37(15-17-45-32)14-7-16-42-5/h8-13,20,26,30,33,39H,7,14-19,21-25H2,1-6H3,(H,40,41)/t26-,30+,33-,36-/m0/s1. The van der Waals surface area contributed by atoms with Crippen molar-refractivity contribution in [2.24, 2.45) is 5.41 Å². The number of methoxy groups -OCH3 is 2. The smallest absolute Gasteiger partial charge is 0.407 e. The molecule has 10 heteroatoms. The molecule has 256 valence electrons. The third-order valence-corrected chi connectivity index (χ3v) is 9.48. The molecule has 0 bridgehead atoms. The Bertz CT molecular complexity index is 1250. The number of benzene rings is 2. The van der Waals surface area contributed by atoms with Gasteiger partial charge in [0.25, 0.3) is 0 Å². The van der Waals surface area contributed by atoms with Gasteiger partial charge in [-0.15, -0.1) is 0 Å². The number of likely N-dealkylation sites (tertiary alicyclic amines) is 1. The van der Waals surface area contributed by atoms with E-state index in [0.717, 1.165) is 47.6 Å². The zero-order valence-corrected chi connectivity index (χ0v) is 28.5. The predicted molar refractivity (Wildman–Crippen MR) is 178 cm³/mol. The third-order valence-electron chi connectivity index (χ3n) is 9.48. The summed E-state index contributed by atoms with van der Waals surface area (Å²) >= 11 is 0. The van der Waals surface area contributed by atoms with E-state index in [-0.39, 0.29) is 12.5 Å². The fourth-order valence-corrected chi connectivity index (χ4v) is 6.99. The van der Waals surface area contributed by atoms with Gasteiger partial charge in [0.1, 0.15) is 12.4 Å². The van der Waals surface area contributed by atoms with Gasteiger partial charge in [-0.05, 0) is 60.4 Å². The molecule has 2 aliphatic rings. The highest BCUT2D eigenvalue weighted by Gasteiger charge is 2.55. The summed E-state index contributed by atoms with van der Waals surface area (Å²) in [4.78, 5) is 16.8. The van der Waals surface area contributed by atoms with Gasteiger partial charge in [0, 0.05) is 33.3 Å². The predicted octanol–water partition coefficient (Wildman–Crippen LogP) is 5.69. The number of rotatable bonds is 15. The van der Waals surface area contributed by atoms with Crippen LogP contribution in [0.5, 0.6) is 5.75 Å². The molecule has 1 amide bonds. The van der Waals surface area contributed by atoms with Crippen LogP contribution in [0.25, 0.3) is 0 Å². The number of carboxylic acid groups (broad SMARTS) is 1. The monoisotopic (exact) mass is 642 g/mol. The van der Waals surface area contributed by atoms with E-state index in [0.29, 0.717) is 52.5 Å². The highest BCUT2D eigenvalue weighted by Crippen LogP contribution is 2.51. The maximum absolute atomic E-state index is 12.9. The van der Waals surface area contributed by atoms with Gasteiger partial charge >= 0.3 is 6.09 Å². The van der Waals surface area contributed by atoms with Crippen molar-refractivity contribution in [3.05, 3.63) is 59.2 Å². The minimum absolute atomic E-state index is 0.0939. The van der Waals surface area contributed by atoms with Gasteiger partial charge in [0.15, 0.2) is 0 Å². The molecule has 4 atom stereocenters. The van der Waals surface area contributed by atoms with Crippen molar-refractivity contribution >= 4 is 11.8 Å². The molecule has 1 saturated heterocycles. The number of hydrogen-bond donors (Lipinski definition) is 2. The minimum atomic E-state index is -0.996. The second-order valence-corrected chi connectivity index (χ2v) is 13.7. The van der Waals surface area contributed by atoms with E-state index in [2.05, 4.69) is 56.0 Å². The van der Waals surface area contributed by atoms with Crippen molar-refractivity contribution in [1.29, 1.82) is 0 Å². The van der Waals surface area contributed by atoms with Crippen LogP contribution in [-0.4, -0.2) is 99.2 Å². The molecule has 0 spiro atoms. The number of anilines is 1. The summed E-state index contributed by atoms with van der Waals surface area (Å²) in [5, 5.41) is 21.2. The summed E-state index contributed by atoms with van der Waals surface area (Å²) < 4.78 is 28.7. The van der Waals surface area contributed by atoms with Crippen LogP contribution >= 0.6 is 0 Å². The van der Waals surface area contributed by atoms with E-state index in [1.807, 2.05) is 12.1 Å². The lowest BCUT2D eigenvalue weighted by atomic mass is 9.61. The highest BCUT2D eigenvalue weighted by molar-refractivity contribution is 5.67. The van der Waals surface area contributed by atoms with E-state index in [9.17, 15) is 15.0 Å². The van der Waals surface area contributed by atoms with Gasteiger partial charge in [-0.25, -0.2) is 4.79 Å². The Kier molecular flexibility index (Phi) is 12.7. The molecule has 2 aromatic rings. The number of ether oxygens (including phenoxy) is 5. The molecule has 10 nitrogen and oxygen atoms in total. The molecular formula is C36H54N2O8. The van der Waals surface area contributed by atoms with Crippen LogP contribution in [0.4, 0.5) is 10.5 Å². The van der Waals surface area contributed by atoms with Crippen LogP contribution in [0.3, 0.4) is 0 Å². The summed E-state index contributed by atoms with van der Waals surface area (Å²) in [7, 11) is 3.37. The van der Waals surface area contributed by atoms with Crippen LogP contribution in [0.15, 0.2) is 42.5 Å². The van der Waals surface area contributed by atoms with Gasteiger partial charge in [0.2, 0.25) is 0 Å². The van der Waals surface area contributed by atoms with Gasteiger partial charge in [-0.2, -0.15) is 0 Å². The van der Waals surface area contributed by atoms with Crippen molar-refractivity contribution in [3.8, 4) is 5.75 Å². The Hall–Kier alpha value is -2.89. The molecule has 2 aliphatic heterocycles. The topological polar surface area (TPSA) is 110 Å². The van der Waals surface area contributed by atoms with Crippen LogP contribution in [-0.2, 0) is 32.2 Å². The van der Waals surface area contributed by atoms with Crippen LogP contribution in [0, 0.1) is 5.41 Å². The molecule has 2 aromatic carbocycles. The van der Waals surface area contributed by atoms with Gasteiger partial charge < -0.3 is 38.8 Å². The molecule has 0 unspecified atom stereocenters. The Balaban J connectivity index is 1.62.